The molecule has 16 heavy (non-hydrogen) atoms. The second kappa shape index (κ2) is 3.92. The first-order chi connectivity index (χ1) is 7.54. The molecule has 1 heterocycles. The van der Waals surface area contributed by atoms with E-state index in [1.807, 2.05) is 12.1 Å². The summed E-state index contributed by atoms with van der Waals surface area (Å²) in [4.78, 5) is 4.03. The predicted molar refractivity (Wildman–Crippen MR) is 63.9 cm³/mol. The first kappa shape index (κ1) is 11.2. The van der Waals surface area contributed by atoms with Crippen molar-refractivity contribution >= 4 is 11.5 Å². The Morgan fingerprint density at radius 3 is 2.88 bits per heavy atom. The molecule has 1 aromatic heterocycles. The van der Waals surface area contributed by atoms with Crippen LogP contribution in [-0.4, -0.2) is 22.2 Å². The number of nitrogens with two attached hydrogens (primary N) is 1. The van der Waals surface area contributed by atoms with Crippen molar-refractivity contribution < 1.29 is 5.11 Å². The van der Waals surface area contributed by atoms with Crippen LogP contribution >= 0.6 is 0 Å². The van der Waals surface area contributed by atoms with Crippen molar-refractivity contribution in [1.29, 1.82) is 0 Å². The van der Waals surface area contributed by atoms with Crippen LogP contribution in [0.4, 0.5) is 11.5 Å². The SMILES string of the molecule is CC1(C)C(O)CC1Nc1ccnc(NN)c1. The second-order valence-electron chi connectivity index (χ2n) is 4.84. The average Bonchev–Trinajstić information content (AvgIpc) is 2.29. The Bertz CT molecular complexity index is 380. The zero-order chi connectivity index (χ0) is 11.8. The normalized spacial score (nSPS) is 27.0. The highest BCUT2D eigenvalue weighted by molar-refractivity contribution is 5.52. The van der Waals surface area contributed by atoms with Crippen molar-refractivity contribution in [3.8, 4) is 0 Å². The number of rotatable bonds is 3. The molecule has 0 amide bonds. The second-order valence-corrected chi connectivity index (χ2v) is 4.84. The fraction of sp³-hybridized carbons (Fsp3) is 0.545. The highest BCUT2D eigenvalue weighted by atomic mass is 16.3. The third kappa shape index (κ3) is 1.83. The lowest BCUT2D eigenvalue weighted by Crippen LogP contribution is -2.56. The fourth-order valence-electron chi connectivity index (χ4n) is 1.95. The van der Waals surface area contributed by atoms with Crippen LogP contribution in [-0.2, 0) is 0 Å². The summed E-state index contributed by atoms with van der Waals surface area (Å²) in [7, 11) is 0. The van der Waals surface area contributed by atoms with Gasteiger partial charge in [0, 0.05) is 29.4 Å². The smallest absolute Gasteiger partial charge is 0.141 e. The molecule has 2 unspecified atom stereocenters. The monoisotopic (exact) mass is 222 g/mol. The van der Waals surface area contributed by atoms with Crippen molar-refractivity contribution in [2.75, 3.05) is 10.7 Å². The highest BCUT2D eigenvalue weighted by Crippen LogP contribution is 2.42. The summed E-state index contributed by atoms with van der Waals surface area (Å²) in [5.41, 5.74) is 3.39. The Labute approximate surface area is 95.0 Å². The number of hydrazine groups is 1. The van der Waals surface area contributed by atoms with Crippen LogP contribution in [0.2, 0.25) is 0 Å². The van der Waals surface area contributed by atoms with Crippen molar-refractivity contribution in [3.05, 3.63) is 18.3 Å². The molecule has 2 rings (SSSR count). The molecule has 1 aliphatic rings. The van der Waals surface area contributed by atoms with Gasteiger partial charge in [0.25, 0.3) is 0 Å². The molecule has 1 aliphatic carbocycles. The van der Waals surface area contributed by atoms with Gasteiger partial charge in [-0.3, -0.25) is 0 Å². The third-order valence-corrected chi connectivity index (χ3v) is 3.46. The number of aliphatic hydroxyl groups excluding tert-OH is 1. The summed E-state index contributed by atoms with van der Waals surface area (Å²) < 4.78 is 0. The van der Waals surface area contributed by atoms with Crippen LogP contribution in [0.3, 0.4) is 0 Å². The number of nitrogen functional groups attached to an aromatic ring is 1. The minimum atomic E-state index is -0.223. The van der Waals surface area contributed by atoms with Gasteiger partial charge in [0.1, 0.15) is 5.82 Å². The number of nitrogens with zero attached hydrogens (tertiary/aromatic N) is 1. The molecule has 0 aliphatic heterocycles. The van der Waals surface area contributed by atoms with E-state index in [1.165, 1.54) is 0 Å². The molecule has 1 aromatic rings. The van der Waals surface area contributed by atoms with Crippen molar-refractivity contribution in [2.45, 2.75) is 32.4 Å². The summed E-state index contributed by atoms with van der Waals surface area (Å²) in [5.74, 6) is 5.92. The number of aliphatic hydroxyl groups is 1. The van der Waals surface area contributed by atoms with E-state index in [0.29, 0.717) is 5.82 Å². The van der Waals surface area contributed by atoms with E-state index < -0.39 is 0 Å². The molecule has 1 fully saturated rings. The van der Waals surface area contributed by atoms with E-state index >= 15 is 0 Å². The van der Waals surface area contributed by atoms with E-state index in [-0.39, 0.29) is 17.6 Å². The van der Waals surface area contributed by atoms with Crippen LogP contribution in [0.15, 0.2) is 18.3 Å². The van der Waals surface area contributed by atoms with Gasteiger partial charge in [0.2, 0.25) is 0 Å². The molecule has 5 heteroatoms. The first-order valence-electron chi connectivity index (χ1n) is 5.41. The zero-order valence-electron chi connectivity index (χ0n) is 9.57. The lowest BCUT2D eigenvalue weighted by Gasteiger charge is -2.49. The number of hydrogen-bond acceptors (Lipinski definition) is 5. The van der Waals surface area contributed by atoms with Crippen molar-refractivity contribution in [2.24, 2.45) is 11.3 Å². The van der Waals surface area contributed by atoms with Crippen LogP contribution in [0.5, 0.6) is 0 Å². The van der Waals surface area contributed by atoms with Gasteiger partial charge in [-0.25, -0.2) is 10.8 Å². The number of anilines is 2. The third-order valence-electron chi connectivity index (χ3n) is 3.46. The summed E-state index contributed by atoms with van der Waals surface area (Å²) in [5, 5.41) is 13.0. The standard InChI is InChI=1S/C11H18N4O/c1-11(2)8(6-9(11)16)14-7-3-4-13-10(5-7)15-12/h3-5,8-9,16H,6,12H2,1-2H3,(H2,13,14,15). The van der Waals surface area contributed by atoms with Gasteiger partial charge < -0.3 is 15.8 Å². The number of hydrogen-bond donors (Lipinski definition) is 4. The largest absolute Gasteiger partial charge is 0.392 e. The van der Waals surface area contributed by atoms with Crippen molar-refractivity contribution in [3.63, 3.8) is 0 Å². The van der Waals surface area contributed by atoms with Gasteiger partial charge in [0.05, 0.1) is 6.10 Å². The molecule has 88 valence electrons. The summed E-state index contributed by atoms with van der Waals surface area (Å²) in [6.07, 6.45) is 2.25. The Morgan fingerprint density at radius 2 is 2.31 bits per heavy atom. The van der Waals surface area contributed by atoms with E-state index in [1.54, 1.807) is 6.20 Å². The maximum Gasteiger partial charge on any atom is 0.141 e. The van der Waals surface area contributed by atoms with Gasteiger partial charge in [0.15, 0.2) is 0 Å². The summed E-state index contributed by atoms with van der Waals surface area (Å²) >= 11 is 0. The molecule has 0 spiro atoms. The zero-order valence-corrected chi connectivity index (χ0v) is 9.57. The number of nitrogens with one attached hydrogen (secondary N) is 2. The molecule has 0 radical (unpaired) electrons. The minimum Gasteiger partial charge on any atom is -0.392 e. The summed E-state index contributed by atoms with van der Waals surface area (Å²) in [6, 6.07) is 4.03. The van der Waals surface area contributed by atoms with Gasteiger partial charge in [-0.2, -0.15) is 0 Å². The topological polar surface area (TPSA) is 83.2 Å². The van der Waals surface area contributed by atoms with Crippen LogP contribution < -0.4 is 16.6 Å². The number of pyridine rings is 1. The minimum absolute atomic E-state index is 0.0838. The predicted octanol–water partition coefficient (Wildman–Crippen LogP) is 0.938. The maximum atomic E-state index is 9.64. The number of aromatic nitrogens is 1. The molecule has 1 saturated carbocycles. The molecular formula is C11H18N4O. The van der Waals surface area contributed by atoms with Crippen molar-refractivity contribution in [1.82, 2.24) is 4.98 Å². The molecule has 0 bridgehead atoms. The molecule has 5 nitrogen and oxygen atoms in total. The highest BCUT2D eigenvalue weighted by Gasteiger charge is 2.47. The molecule has 2 atom stereocenters. The van der Waals surface area contributed by atoms with E-state index in [0.717, 1.165) is 12.1 Å². The molecular weight excluding hydrogens is 204 g/mol. The Hall–Kier alpha value is -1.33. The first-order valence-corrected chi connectivity index (χ1v) is 5.41. The molecule has 0 aromatic carbocycles. The average molecular weight is 222 g/mol. The van der Waals surface area contributed by atoms with Crippen LogP contribution in [0, 0.1) is 5.41 Å². The molecule has 0 saturated heterocycles. The molecule has 5 N–H and O–H groups in total. The van der Waals surface area contributed by atoms with Crippen LogP contribution in [0.1, 0.15) is 20.3 Å². The quantitative estimate of drug-likeness (QED) is 0.452. The Morgan fingerprint density at radius 1 is 1.56 bits per heavy atom. The maximum absolute atomic E-state index is 9.64. The lowest BCUT2D eigenvalue weighted by molar-refractivity contribution is -0.0510. The summed E-state index contributed by atoms with van der Waals surface area (Å²) in [6.45, 7) is 4.12. The van der Waals surface area contributed by atoms with E-state index in [4.69, 9.17) is 5.84 Å². The Balaban J connectivity index is 2.05. The van der Waals surface area contributed by atoms with E-state index in [2.05, 4.69) is 29.6 Å². The van der Waals surface area contributed by atoms with Gasteiger partial charge in [-0.05, 0) is 12.5 Å². The van der Waals surface area contributed by atoms with E-state index in [9.17, 15) is 5.11 Å². The Kier molecular flexibility index (Phi) is 2.73. The van der Waals surface area contributed by atoms with Gasteiger partial charge in [-0.1, -0.05) is 13.8 Å². The fourth-order valence-corrected chi connectivity index (χ4v) is 1.95. The van der Waals surface area contributed by atoms with Gasteiger partial charge in [-0.15, -0.1) is 0 Å². The van der Waals surface area contributed by atoms with Crippen LogP contribution in [0.25, 0.3) is 0 Å². The van der Waals surface area contributed by atoms with Gasteiger partial charge >= 0.3 is 0 Å². The lowest BCUT2D eigenvalue weighted by atomic mass is 9.64.